The van der Waals surface area contributed by atoms with Crippen molar-refractivity contribution in [1.82, 2.24) is 10.2 Å². The van der Waals surface area contributed by atoms with Crippen molar-refractivity contribution in [3.05, 3.63) is 89.4 Å². The maximum Gasteiger partial charge on any atom is 0.244 e. The molecule has 1 fully saturated rings. The van der Waals surface area contributed by atoms with Crippen LogP contribution in [0.4, 0.5) is 5.69 Å². The fourth-order valence-electron chi connectivity index (χ4n) is 4.70. The fourth-order valence-corrected chi connectivity index (χ4v) is 5.75. The third-order valence-corrected chi connectivity index (χ3v) is 8.46. The first-order valence-electron chi connectivity index (χ1n) is 13.3. The second-order valence-electron chi connectivity index (χ2n) is 9.96. The predicted octanol–water partition coefficient (Wildman–Crippen LogP) is 5.37. The number of para-hydroxylation sites is 1. The van der Waals surface area contributed by atoms with E-state index in [1.807, 2.05) is 30.3 Å². The van der Waals surface area contributed by atoms with E-state index in [1.54, 1.807) is 55.5 Å². The van der Waals surface area contributed by atoms with Gasteiger partial charge in [-0.05, 0) is 67.8 Å². The van der Waals surface area contributed by atoms with Gasteiger partial charge in [0.05, 0.1) is 11.9 Å². The maximum absolute atomic E-state index is 13.8. The van der Waals surface area contributed by atoms with Crippen molar-refractivity contribution >= 4 is 39.1 Å². The van der Waals surface area contributed by atoms with E-state index in [0.29, 0.717) is 27.8 Å². The lowest BCUT2D eigenvalue weighted by Crippen LogP contribution is -2.52. The molecule has 0 unspecified atom stereocenters. The predicted molar refractivity (Wildman–Crippen MR) is 157 cm³/mol. The molecule has 3 aromatic rings. The molecule has 0 bridgehead atoms. The van der Waals surface area contributed by atoms with E-state index in [0.717, 1.165) is 36.2 Å². The number of benzene rings is 3. The summed E-state index contributed by atoms with van der Waals surface area (Å²) in [6, 6.07) is 22.0. The first-order chi connectivity index (χ1) is 19.1. The van der Waals surface area contributed by atoms with Crippen LogP contribution in [0.2, 0.25) is 5.02 Å². The summed E-state index contributed by atoms with van der Waals surface area (Å²) >= 11 is 6.39. The summed E-state index contributed by atoms with van der Waals surface area (Å²) in [7, 11) is -3.85. The van der Waals surface area contributed by atoms with Crippen LogP contribution in [0.1, 0.15) is 38.2 Å². The number of sulfonamides is 1. The SMILES string of the molecule is C[C@H](C(=O)NC1CCCC1)N(Cc1ccccc1Cl)C(=O)CN(c1ccc(Oc2ccccc2)cc1)S(C)(=O)=O. The van der Waals surface area contributed by atoms with E-state index >= 15 is 0 Å². The number of carbonyl (C=O) groups excluding carboxylic acids is 2. The smallest absolute Gasteiger partial charge is 0.244 e. The zero-order chi connectivity index (χ0) is 28.7. The van der Waals surface area contributed by atoms with Crippen molar-refractivity contribution in [2.45, 2.75) is 51.2 Å². The highest BCUT2D eigenvalue weighted by Crippen LogP contribution is 2.26. The first-order valence-corrected chi connectivity index (χ1v) is 15.5. The van der Waals surface area contributed by atoms with Gasteiger partial charge in [-0.1, -0.05) is 60.8 Å². The minimum absolute atomic E-state index is 0.0548. The van der Waals surface area contributed by atoms with Gasteiger partial charge in [-0.15, -0.1) is 0 Å². The number of hydrogen-bond acceptors (Lipinski definition) is 5. The number of anilines is 1. The van der Waals surface area contributed by atoms with Crippen LogP contribution < -0.4 is 14.4 Å². The van der Waals surface area contributed by atoms with Gasteiger partial charge in [-0.2, -0.15) is 0 Å². The molecular formula is C30H34ClN3O5S. The number of carbonyl (C=O) groups is 2. The van der Waals surface area contributed by atoms with Crippen LogP contribution in [0.25, 0.3) is 0 Å². The molecule has 8 nitrogen and oxygen atoms in total. The summed E-state index contributed by atoms with van der Waals surface area (Å²) in [6.45, 7) is 1.22. The molecule has 0 radical (unpaired) electrons. The number of nitrogens with one attached hydrogen (secondary N) is 1. The highest BCUT2D eigenvalue weighted by atomic mass is 35.5. The molecule has 0 heterocycles. The number of amides is 2. The average Bonchev–Trinajstić information content (AvgIpc) is 3.44. The lowest BCUT2D eigenvalue weighted by molar-refractivity contribution is -0.139. The summed E-state index contributed by atoms with van der Waals surface area (Å²) in [5.74, 6) is 0.363. The summed E-state index contributed by atoms with van der Waals surface area (Å²) in [5.41, 5.74) is 0.961. The monoisotopic (exact) mass is 583 g/mol. The van der Waals surface area contributed by atoms with Gasteiger partial charge in [0.15, 0.2) is 0 Å². The molecular weight excluding hydrogens is 550 g/mol. The zero-order valence-corrected chi connectivity index (χ0v) is 24.2. The van der Waals surface area contributed by atoms with Crippen LogP contribution in [0, 0.1) is 0 Å². The van der Waals surface area contributed by atoms with Crippen LogP contribution in [0.5, 0.6) is 11.5 Å². The summed E-state index contributed by atoms with van der Waals surface area (Å²) in [4.78, 5) is 28.3. The molecule has 0 saturated heterocycles. The van der Waals surface area contributed by atoms with Crippen molar-refractivity contribution < 1.29 is 22.7 Å². The number of ether oxygens (including phenoxy) is 1. The Morgan fingerprint density at radius 1 is 0.950 bits per heavy atom. The molecule has 1 aliphatic carbocycles. The molecule has 212 valence electrons. The van der Waals surface area contributed by atoms with Gasteiger partial charge in [0.25, 0.3) is 0 Å². The molecule has 1 atom stereocenters. The van der Waals surface area contributed by atoms with E-state index in [2.05, 4.69) is 5.32 Å². The maximum atomic E-state index is 13.8. The topological polar surface area (TPSA) is 96.0 Å². The van der Waals surface area contributed by atoms with Crippen molar-refractivity contribution in [3.63, 3.8) is 0 Å². The van der Waals surface area contributed by atoms with Crippen molar-refractivity contribution in [1.29, 1.82) is 0 Å². The van der Waals surface area contributed by atoms with Crippen LogP contribution >= 0.6 is 11.6 Å². The minimum Gasteiger partial charge on any atom is -0.457 e. The van der Waals surface area contributed by atoms with Crippen molar-refractivity contribution in [2.24, 2.45) is 0 Å². The molecule has 10 heteroatoms. The molecule has 0 spiro atoms. The van der Waals surface area contributed by atoms with Gasteiger partial charge < -0.3 is 15.0 Å². The highest BCUT2D eigenvalue weighted by Gasteiger charge is 2.31. The molecule has 40 heavy (non-hydrogen) atoms. The third-order valence-electron chi connectivity index (χ3n) is 6.95. The Hall–Kier alpha value is -3.56. The third kappa shape index (κ3) is 7.76. The Labute approximate surface area is 240 Å². The second-order valence-corrected chi connectivity index (χ2v) is 12.3. The fraction of sp³-hybridized carbons (Fsp3) is 0.333. The molecule has 2 amide bonds. The van der Waals surface area contributed by atoms with Crippen LogP contribution in [-0.2, 0) is 26.2 Å². The van der Waals surface area contributed by atoms with E-state index in [4.69, 9.17) is 16.3 Å². The Morgan fingerprint density at radius 2 is 1.55 bits per heavy atom. The van der Waals surface area contributed by atoms with Crippen molar-refractivity contribution in [2.75, 3.05) is 17.1 Å². The molecule has 1 aliphatic rings. The molecule has 1 saturated carbocycles. The van der Waals surface area contributed by atoms with E-state index in [1.165, 1.54) is 4.90 Å². The Bertz CT molecular complexity index is 1410. The zero-order valence-electron chi connectivity index (χ0n) is 22.6. The number of halogens is 1. The van der Waals surface area contributed by atoms with E-state index in [9.17, 15) is 18.0 Å². The Morgan fingerprint density at radius 3 is 2.17 bits per heavy atom. The van der Waals surface area contributed by atoms with Gasteiger partial charge in [-0.25, -0.2) is 8.42 Å². The second kappa shape index (κ2) is 13.2. The van der Waals surface area contributed by atoms with E-state index < -0.39 is 28.5 Å². The van der Waals surface area contributed by atoms with Gasteiger partial charge in [0, 0.05) is 17.6 Å². The van der Waals surface area contributed by atoms with Crippen LogP contribution in [0.3, 0.4) is 0 Å². The first kappa shape index (κ1) is 29.4. The van der Waals surface area contributed by atoms with E-state index in [-0.39, 0.29) is 18.5 Å². The molecule has 4 rings (SSSR count). The van der Waals surface area contributed by atoms with Crippen LogP contribution in [-0.4, -0.2) is 50.0 Å². The summed E-state index contributed by atoms with van der Waals surface area (Å²) < 4.78 is 32.5. The quantitative estimate of drug-likeness (QED) is 0.327. The number of nitrogens with zero attached hydrogens (tertiary/aromatic N) is 2. The van der Waals surface area contributed by atoms with Gasteiger partial charge in [0.1, 0.15) is 24.1 Å². The molecule has 3 aromatic carbocycles. The summed E-state index contributed by atoms with van der Waals surface area (Å²) in [6.07, 6.45) is 4.97. The average molecular weight is 584 g/mol. The number of hydrogen-bond donors (Lipinski definition) is 1. The van der Waals surface area contributed by atoms with Crippen molar-refractivity contribution in [3.8, 4) is 11.5 Å². The minimum atomic E-state index is -3.85. The Kier molecular flexibility index (Phi) is 9.71. The molecule has 0 aromatic heterocycles. The normalized spacial score (nSPS) is 14.4. The molecule has 0 aliphatic heterocycles. The highest BCUT2D eigenvalue weighted by molar-refractivity contribution is 7.92. The standard InChI is InChI=1S/C30H34ClN3O5S/c1-22(30(36)32-24-11-7-8-12-24)33(20-23-10-6-9-15-28(23)31)29(35)21-34(40(2,37)38)25-16-18-27(19-17-25)39-26-13-4-3-5-14-26/h3-6,9-10,13-19,22,24H,7-8,11-12,20-21H2,1-2H3,(H,32,36)/t22-/m1/s1. The lowest BCUT2D eigenvalue weighted by atomic mass is 10.1. The number of rotatable bonds is 11. The summed E-state index contributed by atoms with van der Waals surface area (Å²) in [5, 5.41) is 3.50. The van der Waals surface area contributed by atoms with Gasteiger partial charge >= 0.3 is 0 Å². The lowest BCUT2D eigenvalue weighted by Gasteiger charge is -2.32. The largest absolute Gasteiger partial charge is 0.457 e. The molecule has 1 N–H and O–H groups in total. The van der Waals surface area contributed by atoms with Gasteiger partial charge in [0.2, 0.25) is 21.8 Å². The van der Waals surface area contributed by atoms with Crippen LogP contribution in [0.15, 0.2) is 78.9 Å². The van der Waals surface area contributed by atoms with Gasteiger partial charge in [-0.3, -0.25) is 13.9 Å². The Balaban J connectivity index is 1.56.